The van der Waals surface area contributed by atoms with Gasteiger partial charge in [-0.1, -0.05) is 121 Å². The summed E-state index contributed by atoms with van der Waals surface area (Å²) in [5.74, 6) is 0. The number of hydrogen-bond acceptors (Lipinski definition) is 4. The minimum absolute atomic E-state index is 0.810. The summed E-state index contributed by atoms with van der Waals surface area (Å²) in [5, 5.41) is 5.89. The topological polar surface area (TPSA) is 56.5 Å². The zero-order valence-electron chi connectivity index (χ0n) is 30.8. The lowest BCUT2D eigenvalue weighted by Gasteiger charge is -2.14. The molecule has 0 spiro atoms. The van der Waals surface area contributed by atoms with E-state index in [1.54, 1.807) is 12.4 Å². The SMILES string of the molecule is c1ccc(-c2nc3ccccc3c3c2ccc2c4cc(-c5ccc(-c6cc(-c7ccccn7)nc(-c7ccccn7)c6)cc5)ccc4n(-c4ccccc4)c23)cc1. The van der Waals surface area contributed by atoms with Crippen molar-refractivity contribution in [2.75, 3.05) is 0 Å². The first-order valence-electron chi connectivity index (χ1n) is 19.1. The van der Waals surface area contributed by atoms with Gasteiger partial charge in [0.25, 0.3) is 0 Å². The van der Waals surface area contributed by atoms with E-state index in [2.05, 4.69) is 166 Å². The van der Waals surface area contributed by atoms with E-state index in [9.17, 15) is 0 Å². The summed E-state index contributed by atoms with van der Waals surface area (Å²) in [4.78, 5) is 19.4. The number of nitrogens with zero attached hydrogens (tertiary/aromatic N) is 5. The number of benzene rings is 6. The third kappa shape index (κ3) is 5.64. The number of para-hydroxylation sites is 2. The summed E-state index contributed by atoms with van der Waals surface area (Å²) in [6.45, 7) is 0. The number of hydrogen-bond donors (Lipinski definition) is 0. The van der Waals surface area contributed by atoms with Crippen molar-refractivity contribution in [1.82, 2.24) is 24.5 Å². The van der Waals surface area contributed by atoms with Gasteiger partial charge < -0.3 is 4.57 Å². The lowest BCUT2D eigenvalue weighted by molar-refractivity contribution is 1.19. The van der Waals surface area contributed by atoms with Crippen molar-refractivity contribution in [2.24, 2.45) is 0 Å². The van der Waals surface area contributed by atoms with Gasteiger partial charge in [-0.15, -0.1) is 0 Å². The van der Waals surface area contributed by atoms with E-state index >= 15 is 0 Å². The molecule has 0 saturated carbocycles. The third-order valence-corrected chi connectivity index (χ3v) is 10.9. The minimum atomic E-state index is 0.810. The Morgan fingerprint density at radius 1 is 0.351 bits per heavy atom. The Morgan fingerprint density at radius 2 is 0.947 bits per heavy atom. The highest BCUT2D eigenvalue weighted by Gasteiger charge is 2.20. The second kappa shape index (κ2) is 13.5. The van der Waals surface area contributed by atoms with Crippen LogP contribution in [0.2, 0.25) is 0 Å². The van der Waals surface area contributed by atoms with E-state index in [0.29, 0.717) is 0 Å². The molecule has 0 N–H and O–H groups in total. The molecule has 5 nitrogen and oxygen atoms in total. The van der Waals surface area contributed by atoms with E-state index in [0.717, 1.165) is 83.8 Å². The fraction of sp³-hybridized carbons (Fsp3) is 0. The van der Waals surface area contributed by atoms with Crippen molar-refractivity contribution in [3.05, 3.63) is 200 Å². The first-order chi connectivity index (χ1) is 28.3. The van der Waals surface area contributed by atoms with Crippen LogP contribution in [0.5, 0.6) is 0 Å². The van der Waals surface area contributed by atoms with E-state index in [-0.39, 0.29) is 0 Å². The Labute approximate surface area is 329 Å². The third-order valence-electron chi connectivity index (χ3n) is 10.9. The molecule has 0 radical (unpaired) electrons. The van der Waals surface area contributed by atoms with Crippen LogP contribution in [0.4, 0.5) is 0 Å². The zero-order chi connectivity index (χ0) is 37.7. The minimum Gasteiger partial charge on any atom is -0.309 e. The molecular formula is C52H33N5. The number of fused-ring (bicyclic) bond motifs is 7. The number of rotatable bonds is 6. The predicted molar refractivity (Wildman–Crippen MR) is 234 cm³/mol. The van der Waals surface area contributed by atoms with Gasteiger partial charge in [-0.05, 0) is 89.0 Å². The van der Waals surface area contributed by atoms with Gasteiger partial charge in [0.15, 0.2) is 0 Å². The maximum atomic E-state index is 5.24. The first-order valence-corrected chi connectivity index (χ1v) is 19.1. The molecule has 11 rings (SSSR count). The second-order valence-electron chi connectivity index (χ2n) is 14.3. The molecule has 5 heterocycles. The highest BCUT2D eigenvalue weighted by molar-refractivity contribution is 6.27. The van der Waals surface area contributed by atoms with Crippen LogP contribution in [-0.4, -0.2) is 24.5 Å². The van der Waals surface area contributed by atoms with Gasteiger partial charge in [0.05, 0.1) is 45.0 Å². The van der Waals surface area contributed by atoms with Gasteiger partial charge in [-0.3, -0.25) is 9.97 Å². The molecule has 0 aliphatic carbocycles. The molecule has 0 amide bonds. The fourth-order valence-electron chi connectivity index (χ4n) is 8.23. The molecule has 0 aliphatic rings. The molecular weight excluding hydrogens is 695 g/mol. The van der Waals surface area contributed by atoms with Crippen molar-refractivity contribution in [3.63, 3.8) is 0 Å². The van der Waals surface area contributed by atoms with Gasteiger partial charge in [0, 0.05) is 50.6 Å². The molecule has 11 aromatic rings. The predicted octanol–water partition coefficient (Wildman–Crippen LogP) is 13.0. The molecule has 266 valence electrons. The normalized spacial score (nSPS) is 11.5. The van der Waals surface area contributed by atoms with Crippen molar-refractivity contribution >= 4 is 43.5 Å². The highest BCUT2D eigenvalue weighted by atomic mass is 15.0. The van der Waals surface area contributed by atoms with Gasteiger partial charge in [-0.25, -0.2) is 9.97 Å². The van der Waals surface area contributed by atoms with Crippen LogP contribution < -0.4 is 0 Å². The molecule has 5 aromatic heterocycles. The van der Waals surface area contributed by atoms with Crippen LogP contribution in [0.3, 0.4) is 0 Å². The molecule has 0 fully saturated rings. The molecule has 0 unspecified atom stereocenters. The van der Waals surface area contributed by atoms with E-state index < -0.39 is 0 Å². The molecule has 6 aromatic carbocycles. The quantitative estimate of drug-likeness (QED) is 0.160. The van der Waals surface area contributed by atoms with E-state index in [1.807, 2.05) is 36.4 Å². The maximum Gasteiger partial charge on any atom is 0.0900 e. The lowest BCUT2D eigenvalue weighted by atomic mass is 9.96. The Balaban J connectivity index is 1.09. The molecule has 0 saturated heterocycles. The lowest BCUT2D eigenvalue weighted by Crippen LogP contribution is -1.96. The van der Waals surface area contributed by atoms with Crippen LogP contribution in [0.15, 0.2) is 200 Å². The summed E-state index contributed by atoms with van der Waals surface area (Å²) in [6.07, 6.45) is 3.60. The van der Waals surface area contributed by atoms with E-state index in [1.165, 1.54) is 21.7 Å². The summed E-state index contributed by atoms with van der Waals surface area (Å²) in [6, 6.07) is 66.1. The summed E-state index contributed by atoms with van der Waals surface area (Å²) in [7, 11) is 0. The summed E-state index contributed by atoms with van der Waals surface area (Å²) < 4.78 is 2.43. The van der Waals surface area contributed by atoms with Gasteiger partial charge in [0.1, 0.15) is 0 Å². The largest absolute Gasteiger partial charge is 0.309 e. The van der Waals surface area contributed by atoms with Gasteiger partial charge in [0.2, 0.25) is 0 Å². The average Bonchev–Trinajstić information content (AvgIpc) is 3.63. The van der Waals surface area contributed by atoms with Crippen LogP contribution in [0.25, 0.3) is 105 Å². The highest BCUT2D eigenvalue weighted by Crippen LogP contribution is 2.43. The number of pyridine rings is 4. The van der Waals surface area contributed by atoms with E-state index in [4.69, 9.17) is 9.97 Å². The van der Waals surface area contributed by atoms with Crippen LogP contribution in [0, 0.1) is 0 Å². The van der Waals surface area contributed by atoms with Crippen molar-refractivity contribution in [3.8, 4) is 62.0 Å². The molecule has 0 atom stereocenters. The smallest absolute Gasteiger partial charge is 0.0900 e. The van der Waals surface area contributed by atoms with Crippen molar-refractivity contribution in [1.29, 1.82) is 0 Å². The molecule has 57 heavy (non-hydrogen) atoms. The Kier molecular flexibility index (Phi) is 7.74. The summed E-state index contributed by atoms with van der Waals surface area (Å²) >= 11 is 0. The van der Waals surface area contributed by atoms with Crippen LogP contribution >= 0.6 is 0 Å². The molecule has 5 heteroatoms. The zero-order valence-corrected chi connectivity index (χ0v) is 30.8. The first kappa shape index (κ1) is 32.7. The average molecular weight is 728 g/mol. The van der Waals surface area contributed by atoms with Crippen molar-refractivity contribution < 1.29 is 0 Å². The van der Waals surface area contributed by atoms with Crippen molar-refractivity contribution in [2.45, 2.75) is 0 Å². The Morgan fingerprint density at radius 3 is 1.63 bits per heavy atom. The summed E-state index contributed by atoms with van der Waals surface area (Å²) in [5.41, 5.74) is 14.3. The monoisotopic (exact) mass is 727 g/mol. The standard InChI is InChI=1S/C52H33N5/c1-3-13-36(14-4-1)51-42-27-26-40-43-31-37(25-28-49(43)57(39-15-5-2-6-16-39)52(40)50(42)41-17-7-8-18-44(41)56-51)34-21-23-35(24-22-34)38-32-47(45-19-9-11-29-53-45)55-48(33-38)46-20-10-12-30-54-46/h1-33H. The fourth-order valence-corrected chi connectivity index (χ4v) is 8.23. The number of aromatic nitrogens is 5. The second-order valence-corrected chi connectivity index (χ2v) is 14.3. The maximum absolute atomic E-state index is 5.24. The van der Waals surface area contributed by atoms with Gasteiger partial charge >= 0.3 is 0 Å². The van der Waals surface area contributed by atoms with Crippen LogP contribution in [0.1, 0.15) is 0 Å². The Bertz CT molecular complexity index is 3190. The van der Waals surface area contributed by atoms with Crippen LogP contribution in [-0.2, 0) is 0 Å². The molecule has 0 bridgehead atoms. The Hall–Kier alpha value is -7.76. The van der Waals surface area contributed by atoms with Gasteiger partial charge in [-0.2, -0.15) is 0 Å². The molecule has 0 aliphatic heterocycles.